The number of nitrogens with zero attached hydrogens (tertiary/aromatic N) is 3. The van der Waals surface area contributed by atoms with Crippen molar-refractivity contribution in [2.75, 3.05) is 6.54 Å². The summed E-state index contributed by atoms with van der Waals surface area (Å²) in [5.74, 6) is -1.84. The van der Waals surface area contributed by atoms with Crippen molar-refractivity contribution in [2.45, 2.75) is 17.9 Å². The summed E-state index contributed by atoms with van der Waals surface area (Å²) in [6, 6.07) is 7.80. The monoisotopic (exact) mass is 361 g/mol. The highest BCUT2D eigenvalue weighted by Gasteiger charge is 2.30. The Balaban J connectivity index is 1.72. The van der Waals surface area contributed by atoms with Gasteiger partial charge in [0.2, 0.25) is 10.0 Å². The molecule has 0 saturated heterocycles. The number of rotatable bonds is 2. The van der Waals surface area contributed by atoms with Crippen molar-refractivity contribution in [1.29, 1.82) is 0 Å². The van der Waals surface area contributed by atoms with Crippen LogP contribution in [0.4, 0.5) is 8.78 Å². The van der Waals surface area contributed by atoms with Crippen LogP contribution < -0.4 is 0 Å². The molecular weight excluding hydrogens is 348 g/mol. The number of aromatic nitrogens is 2. The van der Waals surface area contributed by atoms with E-state index in [1.165, 1.54) is 4.31 Å². The summed E-state index contributed by atoms with van der Waals surface area (Å²) in [5.41, 5.74) is 2.18. The van der Waals surface area contributed by atoms with Crippen LogP contribution in [0.3, 0.4) is 0 Å². The van der Waals surface area contributed by atoms with E-state index in [4.69, 9.17) is 0 Å². The third-order valence-electron chi connectivity index (χ3n) is 4.18. The fourth-order valence-corrected chi connectivity index (χ4v) is 4.43. The minimum absolute atomic E-state index is 0.105. The maximum Gasteiger partial charge on any atom is 0.243 e. The van der Waals surface area contributed by atoms with Crippen LogP contribution in [0.2, 0.25) is 0 Å². The van der Waals surface area contributed by atoms with Crippen LogP contribution in [-0.4, -0.2) is 29.2 Å². The maximum absolute atomic E-state index is 13.4. The van der Waals surface area contributed by atoms with E-state index in [1.54, 1.807) is 12.3 Å². The number of benzene rings is 1. The van der Waals surface area contributed by atoms with Crippen LogP contribution in [0.25, 0.3) is 11.0 Å². The third kappa shape index (κ3) is 2.87. The van der Waals surface area contributed by atoms with Gasteiger partial charge in [0.15, 0.2) is 5.65 Å². The van der Waals surface area contributed by atoms with E-state index >= 15 is 0 Å². The van der Waals surface area contributed by atoms with Crippen molar-refractivity contribution in [1.82, 2.24) is 14.3 Å². The standard InChI is InChI=1S/C17H13F2N3O2S/c18-13-7-14(19)9-15(8-13)25(23,24)22-5-3-16-12(10-22)6-11-2-1-4-20-17(11)21-16/h1-2,4,6-9H,3,5,10H2. The number of hydrogen-bond acceptors (Lipinski definition) is 4. The first-order chi connectivity index (χ1) is 11.9. The average molecular weight is 361 g/mol. The molecule has 25 heavy (non-hydrogen) atoms. The first-order valence-corrected chi connectivity index (χ1v) is 9.07. The van der Waals surface area contributed by atoms with E-state index in [1.807, 2.05) is 12.1 Å². The summed E-state index contributed by atoms with van der Waals surface area (Å²) in [7, 11) is -3.99. The summed E-state index contributed by atoms with van der Waals surface area (Å²) in [6.07, 6.45) is 2.07. The van der Waals surface area contributed by atoms with Crippen LogP contribution in [0, 0.1) is 11.6 Å². The van der Waals surface area contributed by atoms with Crippen LogP contribution in [0.1, 0.15) is 11.3 Å². The van der Waals surface area contributed by atoms with Gasteiger partial charge < -0.3 is 0 Å². The lowest BCUT2D eigenvalue weighted by Gasteiger charge is -2.27. The molecule has 0 atom stereocenters. The number of sulfonamides is 1. The number of pyridine rings is 2. The summed E-state index contributed by atoms with van der Waals surface area (Å²) >= 11 is 0. The molecule has 128 valence electrons. The molecule has 1 aliphatic heterocycles. The van der Waals surface area contributed by atoms with Gasteiger partial charge in [0.1, 0.15) is 11.6 Å². The van der Waals surface area contributed by atoms with Gasteiger partial charge in [-0.3, -0.25) is 0 Å². The molecule has 0 bridgehead atoms. The van der Waals surface area contributed by atoms with Gasteiger partial charge in [-0.25, -0.2) is 27.2 Å². The second-order valence-corrected chi connectivity index (χ2v) is 7.78. The van der Waals surface area contributed by atoms with Gasteiger partial charge in [-0.05, 0) is 35.9 Å². The molecule has 0 N–H and O–H groups in total. The molecule has 5 nitrogen and oxygen atoms in total. The van der Waals surface area contributed by atoms with E-state index in [0.717, 1.165) is 28.8 Å². The van der Waals surface area contributed by atoms with Gasteiger partial charge in [-0.15, -0.1) is 0 Å². The summed E-state index contributed by atoms with van der Waals surface area (Å²) in [5, 5.41) is 0.817. The first kappa shape index (κ1) is 16.0. The van der Waals surface area contributed by atoms with Gasteiger partial charge in [0, 0.05) is 42.9 Å². The fraction of sp³-hybridized carbons (Fsp3) is 0.176. The molecule has 1 aliphatic rings. The van der Waals surface area contributed by atoms with Crippen molar-refractivity contribution in [3.63, 3.8) is 0 Å². The van der Waals surface area contributed by atoms with E-state index in [-0.39, 0.29) is 18.0 Å². The zero-order valence-corrected chi connectivity index (χ0v) is 13.8. The van der Waals surface area contributed by atoms with E-state index in [0.29, 0.717) is 18.1 Å². The van der Waals surface area contributed by atoms with E-state index in [2.05, 4.69) is 9.97 Å². The number of halogens is 2. The Bertz CT molecular complexity index is 1070. The largest absolute Gasteiger partial charge is 0.243 e. The van der Waals surface area contributed by atoms with Crippen molar-refractivity contribution in [3.05, 3.63) is 65.5 Å². The zero-order valence-electron chi connectivity index (χ0n) is 13.0. The normalized spacial score (nSPS) is 15.3. The van der Waals surface area contributed by atoms with Gasteiger partial charge in [0.05, 0.1) is 4.90 Å². The van der Waals surface area contributed by atoms with Crippen LogP contribution in [0.5, 0.6) is 0 Å². The van der Waals surface area contributed by atoms with E-state index < -0.39 is 21.7 Å². The Morgan fingerprint density at radius 2 is 1.84 bits per heavy atom. The summed E-state index contributed by atoms with van der Waals surface area (Å²) < 4.78 is 53.5. The Morgan fingerprint density at radius 3 is 2.60 bits per heavy atom. The Morgan fingerprint density at radius 1 is 1.08 bits per heavy atom. The molecular formula is C17H13F2N3O2S. The molecule has 4 rings (SSSR count). The quantitative estimate of drug-likeness (QED) is 0.704. The van der Waals surface area contributed by atoms with Gasteiger partial charge in [0.25, 0.3) is 0 Å². The molecule has 0 unspecified atom stereocenters. The second kappa shape index (κ2) is 5.82. The molecule has 3 heterocycles. The third-order valence-corrected chi connectivity index (χ3v) is 6.00. The highest BCUT2D eigenvalue weighted by atomic mass is 32.2. The van der Waals surface area contributed by atoms with Gasteiger partial charge in [-0.2, -0.15) is 4.31 Å². The predicted octanol–water partition coefficient (Wildman–Crippen LogP) is 2.66. The lowest BCUT2D eigenvalue weighted by Crippen LogP contribution is -2.36. The average Bonchev–Trinajstić information content (AvgIpc) is 2.58. The molecule has 3 aromatic rings. The minimum atomic E-state index is -3.99. The molecule has 2 aromatic heterocycles. The van der Waals surface area contributed by atoms with Crippen LogP contribution in [0.15, 0.2) is 47.5 Å². The van der Waals surface area contributed by atoms with Crippen LogP contribution >= 0.6 is 0 Å². The molecule has 8 heteroatoms. The smallest absolute Gasteiger partial charge is 0.237 e. The van der Waals surface area contributed by atoms with Crippen molar-refractivity contribution >= 4 is 21.1 Å². The first-order valence-electron chi connectivity index (χ1n) is 7.63. The predicted molar refractivity (Wildman–Crippen MR) is 87.2 cm³/mol. The molecule has 0 aliphatic carbocycles. The second-order valence-electron chi connectivity index (χ2n) is 5.84. The number of hydrogen-bond donors (Lipinski definition) is 0. The SMILES string of the molecule is O=S(=O)(c1cc(F)cc(F)c1)N1CCc2nc3ncccc3cc2C1. The summed E-state index contributed by atoms with van der Waals surface area (Å²) in [6.45, 7) is 0.298. The molecule has 0 amide bonds. The lowest BCUT2D eigenvalue weighted by molar-refractivity contribution is 0.387. The van der Waals surface area contributed by atoms with Crippen molar-refractivity contribution in [2.24, 2.45) is 0 Å². The fourth-order valence-electron chi connectivity index (χ4n) is 2.97. The minimum Gasteiger partial charge on any atom is -0.237 e. The molecule has 0 spiro atoms. The topological polar surface area (TPSA) is 63.2 Å². The molecule has 0 saturated carbocycles. The van der Waals surface area contributed by atoms with Crippen molar-refractivity contribution in [3.8, 4) is 0 Å². The highest BCUT2D eigenvalue weighted by Crippen LogP contribution is 2.26. The Labute approximate surface area is 143 Å². The highest BCUT2D eigenvalue weighted by molar-refractivity contribution is 7.89. The molecule has 0 fully saturated rings. The van der Waals surface area contributed by atoms with Crippen molar-refractivity contribution < 1.29 is 17.2 Å². The zero-order chi connectivity index (χ0) is 17.6. The Kier molecular flexibility index (Phi) is 3.73. The lowest BCUT2D eigenvalue weighted by atomic mass is 10.1. The van der Waals surface area contributed by atoms with Crippen LogP contribution in [-0.2, 0) is 23.0 Å². The molecule has 1 aromatic carbocycles. The van der Waals surface area contributed by atoms with Gasteiger partial charge in [-0.1, -0.05) is 0 Å². The van der Waals surface area contributed by atoms with E-state index in [9.17, 15) is 17.2 Å². The molecule has 0 radical (unpaired) electrons. The Hall–Kier alpha value is -2.45. The maximum atomic E-state index is 13.4. The van der Waals surface area contributed by atoms with Gasteiger partial charge >= 0.3 is 0 Å². The summed E-state index contributed by atoms with van der Waals surface area (Å²) in [4.78, 5) is 8.29. The number of fused-ring (bicyclic) bond motifs is 2.